The molecule has 0 saturated heterocycles. The van der Waals surface area contributed by atoms with E-state index in [9.17, 15) is 0 Å². The van der Waals surface area contributed by atoms with Crippen molar-refractivity contribution in [1.82, 2.24) is 5.32 Å². The fraction of sp³-hybridized carbons (Fsp3) is 0.316. The second-order valence-corrected chi connectivity index (χ2v) is 5.90. The molecule has 0 aliphatic rings. The van der Waals surface area contributed by atoms with Crippen LogP contribution in [0.3, 0.4) is 0 Å². The first-order valence-corrected chi connectivity index (χ1v) is 8.44. The highest BCUT2D eigenvalue weighted by molar-refractivity contribution is 7.80. The normalized spacial score (nSPS) is 11.3. The van der Waals surface area contributed by atoms with Crippen LogP contribution in [0.25, 0.3) is 0 Å². The summed E-state index contributed by atoms with van der Waals surface area (Å²) in [5.41, 5.74) is 1.69. The van der Waals surface area contributed by atoms with Crippen LogP contribution >= 0.6 is 12.2 Å². The molecule has 0 radical (unpaired) electrons. The van der Waals surface area contributed by atoms with Crippen molar-refractivity contribution in [3.63, 3.8) is 0 Å². The van der Waals surface area contributed by atoms with Crippen molar-refractivity contribution in [2.75, 3.05) is 33.8 Å². The van der Waals surface area contributed by atoms with E-state index in [2.05, 4.69) is 10.6 Å². The fourth-order valence-electron chi connectivity index (χ4n) is 2.51. The maximum atomic E-state index is 5.44. The lowest BCUT2D eigenvalue weighted by atomic mass is 10.1. The van der Waals surface area contributed by atoms with Crippen LogP contribution in [0, 0.1) is 0 Å². The van der Waals surface area contributed by atoms with Gasteiger partial charge in [0, 0.05) is 11.6 Å². The number of anilines is 1. The van der Waals surface area contributed by atoms with Crippen LogP contribution in [-0.4, -0.2) is 33.6 Å². The molecule has 2 aromatic carbocycles. The van der Waals surface area contributed by atoms with Crippen LogP contribution < -0.4 is 29.6 Å². The number of rotatable bonds is 7. The maximum Gasteiger partial charge on any atom is 0.171 e. The van der Waals surface area contributed by atoms with E-state index >= 15 is 0 Å². The molecule has 2 N–H and O–H groups in total. The molecule has 0 heterocycles. The van der Waals surface area contributed by atoms with Crippen LogP contribution in [0.1, 0.15) is 18.5 Å². The van der Waals surface area contributed by atoms with Gasteiger partial charge in [0.25, 0.3) is 0 Å². The van der Waals surface area contributed by atoms with Gasteiger partial charge < -0.3 is 29.6 Å². The lowest BCUT2D eigenvalue weighted by Crippen LogP contribution is -2.31. The molecule has 2 aromatic rings. The first-order valence-electron chi connectivity index (χ1n) is 8.03. The van der Waals surface area contributed by atoms with Crippen molar-refractivity contribution < 1.29 is 18.9 Å². The van der Waals surface area contributed by atoms with Gasteiger partial charge in [0.2, 0.25) is 0 Å². The number of hydrogen-bond donors (Lipinski definition) is 2. The minimum absolute atomic E-state index is 0.0932. The van der Waals surface area contributed by atoms with Gasteiger partial charge >= 0.3 is 0 Å². The lowest BCUT2D eigenvalue weighted by molar-refractivity contribution is 0.394. The Hall–Kier alpha value is -2.67. The Labute approximate surface area is 159 Å². The summed E-state index contributed by atoms with van der Waals surface area (Å²) in [6, 6.07) is 11.0. The van der Waals surface area contributed by atoms with E-state index in [0.29, 0.717) is 16.6 Å². The SMILES string of the molecule is COc1ccc(NC(=S)NC(C)c2cc(OC)ccc2OC)c(OC)c1. The van der Waals surface area contributed by atoms with Crippen LogP contribution in [0.4, 0.5) is 5.69 Å². The van der Waals surface area contributed by atoms with Crippen molar-refractivity contribution in [2.24, 2.45) is 0 Å². The van der Waals surface area contributed by atoms with Gasteiger partial charge in [-0.05, 0) is 49.5 Å². The fourth-order valence-corrected chi connectivity index (χ4v) is 2.80. The number of methoxy groups -OCH3 is 4. The third-order valence-corrected chi connectivity index (χ3v) is 4.13. The highest BCUT2D eigenvalue weighted by Gasteiger charge is 2.15. The molecule has 0 amide bonds. The molecule has 1 atom stereocenters. The highest BCUT2D eigenvalue weighted by atomic mass is 32.1. The predicted molar refractivity (Wildman–Crippen MR) is 107 cm³/mol. The Kier molecular flexibility index (Phi) is 6.91. The Morgan fingerprint density at radius 1 is 0.846 bits per heavy atom. The molecule has 0 spiro atoms. The molecule has 0 aliphatic heterocycles. The van der Waals surface area contributed by atoms with Gasteiger partial charge in [0.15, 0.2) is 5.11 Å². The Bertz CT molecular complexity index is 767. The van der Waals surface area contributed by atoms with E-state index in [4.69, 9.17) is 31.2 Å². The highest BCUT2D eigenvalue weighted by Crippen LogP contribution is 2.31. The van der Waals surface area contributed by atoms with Gasteiger partial charge in [0.05, 0.1) is 40.2 Å². The molecule has 0 aliphatic carbocycles. The molecule has 0 aromatic heterocycles. The largest absolute Gasteiger partial charge is 0.497 e. The molecule has 0 bridgehead atoms. The van der Waals surface area contributed by atoms with Gasteiger partial charge in [-0.3, -0.25) is 0 Å². The summed E-state index contributed by atoms with van der Waals surface area (Å²) in [5, 5.41) is 6.86. The standard InChI is InChI=1S/C19H24N2O4S/c1-12(15-10-13(22-2)7-9-17(15)24-4)20-19(26)21-16-8-6-14(23-3)11-18(16)25-5/h6-12H,1-5H3,(H2,20,21,26). The maximum absolute atomic E-state index is 5.44. The Morgan fingerprint density at radius 3 is 2.08 bits per heavy atom. The molecule has 0 saturated carbocycles. The Morgan fingerprint density at radius 2 is 1.46 bits per heavy atom. The van der Waals surface area contributed by atoms with Gasteiger partial charge in [-0.1, -0.05) is 0 Å². The molecule has 1 unspecified atom stereocenters. The van der Waals surface area contributed by atoms with E-state index in [-0.39, 0.29) is 6.04 Å². The van der Waals surface area contributed by atoms with Crippen LogP contribution in [0.5, 0.6) is 23.0 Å². The van der Waals surface area contributed by atoms with Crippen molar-refractivity contribution >= 4 is 23.0 Å². The van der Waals surface area contributed by atoms with Gasteiger partial charge in [-0.25, -0.2) is 0 Å². The van der Waals surface area contributed by atoms with Gasteiger partial charge in [0.1, 0.15) is 23.0 Å². The summed E-state index contributed by atoms with van der Waals surface area (Å²) in [5.74, 6) is 2.86. The second kappa shape index (κ2) is 9.15. The third-order valence-electron chi connectivity index (χ3n) is 3.91. The summed E-state index contributed by atoms with van der Waals surface area (Å²) in [6.07, 6.45) is 0. The van der Waals surface area contributed by atoms with E-state index in [1.807, 2.05) is 37.3 Å². The van der Waals surface area contributed by atoms with E-state index < -0.39 is 0 Å². The van der Waals surface area contributed by atoms with Crippen molar-refractivity contribution in [3.8, 4) is 23.0 Å². The number of nitrogens with one attached hydrogen (secondary N) is 2. The molecule has 2 rings (SSSR count). The smallest absolute Gasteiger partial charge is 0.171 e. The summed E-state index contributed by atoms with van der Waals surface area (Å²) in [6.45, 7) is 2.00. The molecule has 6 nitrogen and oxygen atoms in total. The summed E-state index contributed by atoms with van der Waals surface area (Å²) in [7, 11) is 6.47. The third kappa shape index (κ3) is 4.70. The molecule has 7 heteroatoms. The average molecular weight is 376 g/mol. The van der Waals surface area contributed by atoms with Gasteiger partial charge in [-0.15, -0.1) is 0 Å². The van der Waals surface area contributed by atoms with Gasteiger partial charge in [-0.2, -0.15) is 0 Å². The topological polar surface area (TPSA) is 61.0 Å². The molecule has 0 fully saturated rings. The quantitative estimate of drug-likeness (QED) is 0.713. The van der Waals surface area contributed by atoms with Crippen LogP contribution in [-0.2, 0) is 0 Å². The van der Waals surface area contributed by atoms with E-state index in [1.54, 1.807) is 34.5 Å². The minimum atomic E-state index is -0.0932. The lowest BCUT2D eigenvalue weighted by Gasteiger charge is -2.21. The first kappa shape index (κ1) is 19.7. The summed E-state index contributed by atoms with van der Waals surface area (Å²) in [4.78, 5) is 0. The number of thiocarbonyl (C=S) groups is 1. The first-order chi connectivity index (χ1) is 12.5. The van der Waals surface area contributed by atoms with Crippen molar-refractivity contribution in [2.45, 2.75) is 13.0 Å². The molecular weight excluding hydrogens is 352 g/mol. The molecule has 26 heavy (non-hydrogen) atoms. The number of ether oxygens (including phenoxy) is 4. The molecule has 140 valence electrons. The predicted octanol–water partition coefficient (Wildman–Crippen LogP) is 3.77. The zero-order valence-electron chi connectivity index (χ0n) is 15.6. The van der Waals surface area contributed by atoms with E-state index in [1.165, 1.54) is 0 Å². The summed E-state index contributed by atoms with van der Waals surface area (Å²) >= 11 is 5.44. The zero-order chi connectivity index (χ0) is 19.1. The monoisotopic (exact) mass is 376 g/mol. The van der Waals surface area contributed by atoms with Crippen molar-refractivity contribution in [3.05, 3.63) is 42.0 Å². The average Bonchev–Trinajstić information content (AvgIpc) is 2.67. The molecular formula is C19H24N2O4S. The van der Waals surface area contributed by atoms with Crippen LogP contribution in [0.2, 0.25) is 0 Å². The number of benzene rings is 2. The van der Waals surface area contributed by atoms with E-state index in [0.717, 1.165) is 22.7 Å². The minimum Gasteiger partial charge on any atom is -0.497 e. The van der Waals surface area contributed by atoms with Crippen LogP contribution in [0.15, 0.2) is 36.4 Å². The summed E-state index contributed by atoms with van der Waals surface area (Å²) < 4.78 is 21.3. The Balaban J connectivity index is 2.13. The number of hydrogen-bond acceptors (Lipinski definition) is 5. The zero-order valence-corrected chi connectivity index (χ0v) is 16.4. The second-order valence-electron chi connectivity index (χ2n) is 5.49. The van der Waals surface area contributed by atoms with Crippen molar-refractivity contribution in [1.29, 1.82) is 0 Å².